The molecule has 1 aliphatic heterocycles. The molecule has 4 rings (SSSR count). The van der Waals surface area contributed by atoms with Crippen LogP contribution in [0.25, 0.3) is 0 Å². The maximum Gasteiger partial charge on any atom is 0.0473 e. The fraction of sp³-hybridized carbons (Fsp3) is 0.684. The van der Waals surface area contributed by atoms with E-state index >= 15 is 0 Å². The van der Waals surface area contributed by atoms with Gasteiger partial charge in [-0.2, -0.15) is 0 Å². The number of nitrogens with one attached hydrogen (secondary N) is 1. The van der Waals surface area contributed by atoms with Crippen LogP contribution in [0.3, 0.4) is 0 Å². The molecule has 1 aromatic rings. The summed E-state index contributed by atoms with van der Waals surface area (Å²) in [6, 6.07) is 12.4. The summed E-state index contributed by atoms with van der Waals surface area (Å²) in [5.41, 5.74) is 1.49. The van der Waals surface area contributed by atoms with Gasteiger partial charge in [0, 0.05) is 25.2 Å². The number of nitrogens with zero attached hydrogens (tertiary/aromatic N) is 1. The Morgan fingerprint density at radius 1 is 1.05 bits per heavy atom. The maximum atomic E-state index is 3.83. The fourth-order valence-corrected chi connectivity index (χ4v) is 3.89. The molecule has 2 atom stereocenters. The molecule has 0 aromatic heterocycles. The SMILES string of the molecule is c1ccc(C2CNC(C3CC3)CN2CCCC2CC2)cc1. The van der Waals surface area contributed by atoms with Crippen molar-refractivity contribution in [1.29, 1.82) is 0 Å². The van der Waals surface area contributed by atoms with Crippen LogP contribution in [0.5, 0.6) is 0 Å². The molecule has 1 aromatic carbocycles. The average molecular weight is 284 g/mol. The normalized spacial score (nSPS) is 30.5. The second kappa shape index (κ2) is 6.10. The van der Waals surface area contributed by atoms with E-state index in [1.807, 2.05) is 0 Å². The van der Waals surface area contributed by atoms with Gasteiger partial charge in [-0.15, -0.1) is 0 Å². The Hall–Kier alpha value is -0.860. The lowest BCUT2D eigenvalue weighted by Gasteiger charge is -2.41. The number of rotatable bonds is 6. The Bertz CT molecular complexity index is 450. The predicted octanol–water partition coefficient (Wildman–Crippen LogP) is 3.60. The van der Waals surface area contributed by atoms with Crippen molar-refractivity contribution in [2.24, 2.45) is 11.8 Å². The van der Waals surface area contributed by atoms with Gasteiger partial charge in [-0.25, -0.2) is 0 Å². The summed E-state index contributed by atoms with van der Waals surface area (Å²) in [7, 11) is 0. The van der Waals surface area contributed by atoms with Crippen LogP contribution >= 0.6 is 0 Å². The van der Waals surface area contributed by atoms with Crippen molar-refractivity contribution in [3.63, 3.8) is 0 Å². The average Bonchev–Trinajstić information content (AvgIpc) is 3.40. The van der Waals surface area contributed by atoms with Gasteiger partial charge in [0.2, 0.25) is 0 Å². The highest BCUT2D eigenvalue weighted by Crippen LogP contribution is 2.37. The molecular formula is C19H28N2. The van der Waals surface area contributed by atoms with Crippen molar-refractivity contribution in [3.8, 4) is 0 Å². The summed E-state index contributed by atoms with van der Waals surface area (Å²) in [6.07, 6.45) is 8.74. The molecule has 0 radical (unpaired) electrons. The molecule has 114 valence electrons. The van der Waals surface area contributed by atoms with Gasteiger partial charge in [-0.3, -0.25) is 4.90 Å². The van der Waals surface area contributed by atoms with Crippen molar-refractivity contribution >= 4 is 0 Å². The minimum atomic E-state index is 0.584. The maximum absolute atomic E-state index is 3.83. The zero-order valence-electron chi connectivity index (χ0n) is 13.0. The highest BCUT2D eigenvalue weighted by Gasteiger charge is 2.37. The van der Waals surface area contributed by atoms with E-state index < -0.39 is 0 Å². The van der Waals surface area contributed by atoms with Gasteiger partial charge in [0.1, 0.15) is 0 Å². The summed E-state index contributed by atoms with van der Waals surface area (Å²) < 4.78 is 0. The van der Waals surface area contributed by atoms with Crippen LogP contribution in [0.15, 0.2) is 30.3 Å². The van der Waals surface area contributed by atoms with E-state index in [9.17, 15) is 0 Å². The lowest BCUT2D eigenvalue weighted by Crippen LogP contribution is -2.53. The van der Waals surface area contributed by atoms with Gasteiger partial charge in [0.05, 0.1) is 0 Å². The molecule has 3 aliphatic rings. The van der Waals surface area contributed by atoms with Crippen molar-refractivity contribution in [2.45, 2.75) is 50.6 Å². The molecule has 21 heavy (non-hydrogen) atoms. The Morgan fingerprint density at radius 3 is 2.57 bits per heavy atom. The lowest BCUT2D eigenvalue weighted by atomic mass is 9.98. The van der Waals surface area contributed by atoms with Crippen molar-refractivity contribution < 1.29 is 0 Å². The van der Waals surface area contributed by atoms with Crippen LogP contribution < -0.4 is 5.32 Å². The monoisotopic (exact) mass is 284 g/mol. The van der Waals surface area contributed by atoms with E-state index in [1.54, 1.807) is 0 Å². The second-order valence-electron chi connectivity index (χ2n) is 7.36. The van der Waals surface area contributed by atoms with Crippen molar-refractivity contribution in [2.75, 3.05) is 19.6 Å². The third-order valence-electron chi connectivity index (χ3n) is 5.58. The largest absolute Gasteiger partial charge is 0.311 e. The molecule has 0 bridgehead atoms. The van der Waals surface area contributed by atoms with E-state index in [0.29, 0.717) is 6.04 Å². The molecule has 2 heteroatoms. The van der Waals surface area contributed by atoms with Crippen molar-refractivity contribution in [1.82, 2.24) is 10.2 Å². The smallest absolute Gasteiger partial charge is 0.0473 e. The Kier molecular flexibility index (Phi) is 4.00. The lowest BCUT2D eigenvalue weighted by molar-refractivity contribution is 0.119. The van der Waals surface area contributed by atoms with Gasteiger partial charge in [-0.05, 0) is 49.6 Å². The Labute approximate surface area is 128 Å². The standard InChI is InChI=1S/C19H28N2/c1-2-6-17(7-3-1)19-13-20-18(16-10-11-16)14-21(19)12-4-5-15-8-9-15/h1-3,6-7,15-16,18-20H,4-5,8-14H2. The second-order valence-corrected chi connectivity index (χ2v) is 7.36. The first-order valence-electron chi connectivity index (χ1n) is 8.92. The van der Waals surface area contributed by atoms with E-state index in [2.05, 4.69) is 40.5 Å². The van der Waals surface area contributed by atoms with Gasteiger partial charge in [0.15, 0.2) is 0 Å². The van der Waals surface area contributed by atoms with Crippen LogP contribution in [0.2, 0.25) is 0 Å². The third-order valence-corrected chi connectivity index (χ3v) is 5.58. The summed E-state index contributed by atoms with van der Waals surface area (Å²) in [5.74, 6) is 2.04. The first kappa shape index (κ1) is 13.8. The zero-order chi connectivity index (χ0) is 14.1. The minimum Gasteiger partial charge on any atom is -0.311 e. The van der Waals surface area contributed by atoms with E-state index in [4.69, 9.17) is 0 Å². The highest BCUT2D eigenvalue weighted by atomic mass is 15.2. The van der Waals surface area contributed by atoms with Crippen LogP contribution in [0, 0.1) is 11.8 Å². The van der Waals surface area contributed by atoms with Gasteiger partial charge >= 0.3 is 0 Å². The molecule has 1 saturated heterocycles. The van der Waals surface area contributed by atoms with E-state index in [1.165, 1.54) is 57.2 Å². The van der Waals surface area contributed by atoms with Crippen LogP contribution in [-0.2, 0) is 0 Å². The Balaban J connectivity index is 1.41. The fourth-order valence-electron chi connectivity index (χ4n) is 3.89. The summed E-state index contributed by atoms with van der Waals surface area (Å²) in [6.45, 7) is 3.68. The van der Waals surface area contributed by atoms with Crippen LogP contribution in [-0.4, -0.2) is 30.6 Å². The van der Waals surface area contributed by atoms with Gasteiger partial charge in [-0.1, -0.05) is 43.2 Å². The molecular weight excluding hydrogens is 256 g/mol. The molecule has 3 fully saturated rings. The molecule has 2 saturated carbocycles. The molecule has 0 spiro atoms. The minimum absolute atomic E-state index is 0.584. The van der Waals surface area contributed by atoms with Crippen LogP contribution in [0.4, 0.5) is 0 Å². The summed E-state index contributed by atoms with van der Waals surface area (Å²) in [4.78, 5) is 2.78. The first-order chi connectivity index (χ1) is 10.4. The van der Waals surface area contributed by atoms with Gasteiger partial charge in [0.25, 0.3) is 0 Å². The predicted molar refractivity (Wildman–Crippen MR) is 87.2 cm³/mol. The number of piperazine rings is 1. The number of hydrogen-bond acceptors (Lipinski definition) is 2. The summed E-state index contributed by atoms with van der Waals surface area (Å²) >= 11 is 0. The first-order valence-corrected chi connectivity index (χ1v) is 8.92. The quantitative estimate of drug-likeness (QED) is 0.858. The molecule has 2 unspecified atom stereocenters. The molecule has 1 heterocycles. The zero-order valence-corrected chi connectivity index (χ0v) is 13.0. The van der Waals surface area contributed by atoms with E-state index in [0.717, 1.165) is 24.4 Å². The number of hydrogen-bond donors (Lipinski definition) is 1. The van der Waals surface area contributed by atoms with Crippen molar-refractivity contribution in [3.05, 3.63) is 35.9 Å². The van der Waals surface area contributed by atoms with Gasteiger partial charge < -0.3 is 5.32 Å². The molecule has 2 nitrogen and oxygen atoms in total. The van der Waals surface area contributed by atoms with Crippen LogP contribution in [0.1, 0.15) is 50.1 Å². The molecule has 2 aliphatic carbocycles. The third kappa shape index (κ3) is 3.49. The number of benzene rings is 1. The highest BCUT2D eigenvalue weighted by molar-refractivity contribution is 5.20. The van der Waals surface area contributed by atoms with E-state index in [-0.39, 0.29) is 0 Å². The topological polar surface area (TPSA) is 15.3 Å². The molecule has 0 amide bonds. The Morgan fingerprint density at radius 2 is 1.86 bits per heavy atom. The summed E-state index contributed by atoms with van der Waals surface area (Å²) in [5, 5.41) is 3.83. The molecule has 1 N–H and O–H groups in total.